The first-order valence-electron chi connectivity index (χ1n) is 9.38. The topological polar surface area (TPSA) is 90.6 Å². The van der Waals surface area contributed by atoms with Gasteiger partial charge in [-0.05, 0) is 37.5 Å². The summed E-state index contributed by atoms with van der Waals surface area (Å²) in [6, 6.07) is 0.289. The normalized spacial score (nSPS) is 23.0. The summed E-state index contributed by atoms with van der Waals surface area (Å²) in [5.74, 6) is 2.35. The molecule has 1 aromatic rings. The van der Waals surface area contributed by atoms with Crippen LogP contribution >= 0.6 is 0 Å². The summed E-state index contributed by atoms with van der Waals surface area (Å²) in [6.07, 6.45) is 7.09. The van der Waals surface area contributed by atoms with Gasteiger partial charge in [0.25, 0.3) is 0 Å². The third-order valence-electron chi connectivity index (χ3n) is 5.35. The van der Waals surface area contributed by atoms with E-state index >= 15 is 0 Å². The van der Waals surface area contributed by atoms with Gasteiger partial charge in [0.1, 0.15) is 11.6 Å². The highest BCUT2D eigenvalue weighted by Crippen LogP contribution is 2.34. The molecule has 1 aliphatic carbocycles. The standard InChI is InChI=1S/C18H26N4O3/c19-16-14-10-15(23)22(7-5-13-2-1-8-24-11-13)17(14)21-18(20-16)25-9-6-12-3-4-12/h12-13H,1-11H2,(H2,19,20,21). The maximum Gasteiger partial charge on any atom is 0.320 e. The molecule has 0 bridgehead atoms. The van der Waals surface area contributed by atoms with E-state index in [1.165, 1.54) is 12.8 Å². The average molecular weight is 346 g/mol. The van der Waals surface area contributed by atoms with Gasteiger partial charge in [-0.25, -0.2) is 0 Å². The van der Waals surface area contributed by atoms with Crippen molar-refractivity contribution in [3.8, 4) is 6.01 Å². The lowest BCUT2D eigenvalue weighted by Crippen LogP contribution is -2.31. The summed E-state index contributed by atoms with van der Waals surface area (Å²) in [6.45, 7) is 2.90. The zero-order valence-corrected chi connectivity index (χ0v) is 14.6. The van der Waals surface area contributed by atoms with Gasteiger partial charge in [0.05, 0.1) is 13.0 Å². The number of hydrogen-bond acceptors (Lipinski definition) is 6. The predicted octanol–water partition coefficient (Wildman–Crippen LogP) is 1.94. The van der Waals surface area contributed by atoms with Crippen molar-refractivity contribution in [2.24, 2.45) is 11.8 Å². The molecule has 1 amide bonds. The SMILES string of the molecule is Nc1nc(OCCC2CC2)nc2c1CC(=O)N2CCC1CCCOC1. The second-order valence-corrected chi connectivity index (χ2v) is 7.37. The molecule has 3 aliphatic rings. The zero-order valence-electron chi connectivity index (χ0n) is 14.6. The summed E-state index contributed by atoms with van der Waals surface area (Å²) >= 11 is 0. The molecule has 1 saturated heterocycles. The maximum absolute atomic E-state index is 12.4. The van der Waals surface area contributed by atoms with Crippen molar-refractivity contribution >= 4 is 17.5 Å². The summed E-state index contributed by atoms with van der Waals surface area (Å²) in [7, 11) is 0. The number of fused-ring (bicyclic) bond motifs is 1. The number of ether oxygens (including phenoxy) is 2. The molecule has 0 spiro atoms. The van der Waals surface area contributed by atoms with Gasteiger partial charge in [-0.2, -0.15) is 9.97 Å². The third-order valence-corrected chi connectivity index (χ3v) is 5.35. The number of carbonyl (C=O) groups is 1. The summed E-state index contributed by atoms with van der Waals surface area (Å²) in [5.41, 5.74) is 6.79. The van der Waals surface area contributed by atoms with Crippen LogP contribution in [0.4, 0.5) is 11.6 Å². The fraction of sp³-hybridized carbons (Fsp3) is 0.722. The Morgan fingerprint density at radius 2 is 2.08 bits per heavy atom. The van der Waals surface area contributed by atoms with E-state index in [0.717, 1.165) is 50.4 Å². The molecule has 2 fully saturated rings. The van der Waals surface area contributed by atoms with Crippen LogP contribution in [-0.4, -0.2) is 42.2 Å². The van der Waals surface area contributed by atoms with Gasteiger partial charge in [0.2, 0.25) is 5.91 Å². The van der Waals surface area contributed by atoms with E-state index in [1.54, 1.807) is 4.90 Å². The molecule has 7 nitrogen and oxygen atoms in total. The number of nitrogens with zero attached hydrogens (tertiary/aromatic N) is 3. The summed E-state index contributed by atoms with van der Waals surface area (Å²) in [4.78, 5) is 22.9. The van der Waals surface area contributed by atoms with Crippen molar-refractivity contribution in [3.63, 3.8) is 0 Å². The van der Waals surface area contributed by atoms with Gasteiger partial charge in [-0.15, -0.1) is 0 Å². The molecule has 25 heavy (non-hydrogen) atoms. The number of aromatic nitrogens is 2. The van der Waals surface area contributed by atoms with Crippen LogP contribution < -0.4 is 15.4 Å². The number of hydrogen-bond donors (Lipinski definition) is 1. The van der Waals surface area contributed by atoms with Crippen molar-refractivity contribution in [3.05, 3.63) is 5.56 Å². The molecule has 3 heterocycles. The van der Waals surface area contributed by atoms with Crippen molar-refractivity contribution in [1.29, 1.82) is 0 Å². The lowest BCUT2D eigenvalue weighted by Gasteiger charge is -2.24. The van der Waals surface area contributed by atoms with Crippen LogP contribution in [0.3, 0.4) is 0 Å². The van der Waals surface area contributed by atoms with Gasteiger partial charge >= 0.3 is 6.01 Å². The van der Waals surface area contributed by atoms with Crippen LogP contribution in [0.1, 0.15) is 44.1 Å². The van der Waals surface area contributed by atoms with Gasteiger partial charge in [0.15, 0.2) is 0 Å². The predicted molar refractivity (Wildman–Crippen MR) is 93.5 cm³/mol. The Bertz CT molecular complexity index is 641. The van der Waals surface area contributed by atoms with Crippen molar-refractivity contribution in [2.75, 3.05) is 37.0 Å². The van der Waals surface area contributed by atoms with Gasteiger partial charge in [-0.1, -0.05) is 12.8 Å². The van der Waals surface area contributed by atoms with E-state index in [0.29, 0.717) is 30.7 Å². The first-order valence-corrected chi connectivity index (χ1v) is 9.38. The number of rotatable bonds is 7. The van der Waals surface area contributed by atoms with Gasteiger partial charge in [0, 0.05) is 25.3 Å². The Hall–Kier alpha value is -1.89. The van der Waals surface area contributed by atoms with E-state index in [2.05, 4.69) is 9.97 Å². The molecule has 1 aromatic heterocycles. The Balaban J connectivity index is 1.42. The van der Waals surface area contributed by atoms with E-state index in [4.69, 9.17) is 15.2 Å². The molecule has 1 saturated carbocycles. The van der Waals surface area contributed by atoms with Gasteiger partial charge < -0.3 is 15.2 Å². The number of nitrogens with two attached hydrogens (primary N) is 1. The van der Waals surface area contributed by atoms with Crippen LogP contribution in [0.5, 0.6) is 6.01 Å². The molecule has 7 heteroatoms. The molecule has 0 aromatic carbocycles. The molecule has 2 N–H and O–H groups in total. The largest absolute Gasteiger partial charge is 0.463 e. The highest BCUT2D eigenvalue weighted by molar-refractivity contribution is 6.01. The minimum atomic E-state index is 0.0443. The van der Waals surface area contributed by atoms with E-state index < -0.39 is 0 Å². The van der Waals surface area contributed by atoms with E-state index in [-0.39, 0.29) is 18.3 Å². The molecule has 1 atom stereocenters. The van der Waals surface area contributed by atoms with Crippen LogP contribution in [0.2, 0.25) is 0 Å². The summed E-state index contributed by atoms with van der Waals surface area (Å²) < 4.78 is 11.2. The molecule has 136 valence electrons. The van der Waals surface area contributed by atoms with Crippen molar-refractivity contribution in [1.82, 2.24) is 9.97 Å². The first kappa shape index (κ1) is 16.6. The quantitative estimate of drug-likeness (QED) is 0.811. The van der Waals surface area contributed by atoms with Crippen LogP contribution in [0.15, 0.2) is 0 Å². The second-order valence-electron chi connectivity index (χ2n) is 7.37. The smallest absolute Gasteiger partial charge is 0.320 e. The van der Waals surface area contributed by atoms with Crippen LogP contribution in [-0.2, 0) is 16.0 Å². The molecule has 0 radical (unpaired) electrons. The van der Waals surface area contributed by atoms with Gasteiger partial charge in [-0.3, -0.25) is 9.69 Å². The monoisotopic (exact) mass is 346 g/mol. The van der Waals surface area contributed by atoms with Crippen molar-refractivity contribution < 1.29 is 14.3 Å². The fourth-order valence-electron chi connectivity index (χ4n) is 3.59. The molecule has 1 unspecified atom stereocenters. The molecular weight excluding hydrogens is 320 g/mol. The second kappa shape index (κ2) is 7.15. The van der Waals surface area contributed by atoms with Crippen LogP contribution in [0, 0.1) is 11.8 Å². The highest BCUT2D eigenvalue weighted by Gasteiger charge is 2.32. The fourth-order valence-corrected chi connectivity index (χ4v) is 3.59. The third kappa shape index (κ3) is 3.86. The number of amides is 1. The first-order chi connectivity index (χ1) is 12.2. The lowest BCUT2D eigenvalue weighted by atomic mass is 9.98. The number of nitrogen functional groups attached to an aromatic ring is 1. The molecule has 4 rings (SSSR count). The van der Waals surface area contributed by atoms with Crippen LogP contribution in [0.25, 0.3) is 0 Å². The maximum atomic E-state index is 12.4. The van der Waals surface area contributed by atoms with E-state index in [1.807, 2.05) is 0 Å². The Labute approximate surface area is 147 Å². The number of anilines is 2. The van der Waals surface area contributed by atoms with Crippen molar-refractivity contribution in [2.45, 2.75) is 44.9 Å². The lowest BCUT2D eigenvalue weighted by molar-refractivity contribution is -0.117. The number of carbonyl (C=O) groups excluding carboxylic acids is 1. The Kier molecular flexibility index (Phi) is 4.74. The molecular formula is C18H26N4O3. The Morgan fingerprint density at radius 1 is 1.20 bits per heavy atom. The highest BCUT2D eigenvalue weighted by atomic mass is 16.5. The van der Waals surface area contributed by atoms with E-state index in [9.17, 15) is 4.79 Å². The Morgan fingerprint density at radius 3 is 2.84 bits per heavy atom. The zero-order chi connectivity index (χ0) is 17.2. The minimum absolute atomic E-state index is 0.0443. The minimum Gasteiger partial charge on any atom is -0.463 e. The molecule has 2 aliphatic heterocycles. The summed E-state index contributed by atoms with van der Waals surface area (Å²) in [5, 5.41) is 0. The average Bonchev–Trinajstić information content (AvgIpc) is 3.37.